The van der Waals surface area contributed by atoms with E-state index < -0.39 is 5.97 Å². The quantitative estimate of drug-likeness (QED) is 0.894. The van der Waals surface area contributed by atoms with Crippen LogP contribution in [0.5, 0.6) is 0 Å². The topological polar surface area (TPSA) is 53.4 Å². The lowest BCUT2D eigenvalue weighted by molar-refractivity contribution is 0.0697. The molecule has 0 aliphatic carbocycles. The van der Waals surface area contributed by atoms with Gasteiger partial charge in [0, 0.05) is 31.7 Å². The van der Waals surface area contributed by atoms with Gasteiger partial charge in [-0.3, -0.25) is 4.98 Å². The fraction of sp³-hybridized carbons (Fsp3) is 0.143. The Labute approximate surface area is 106 Å². The van der Waals surface area contributed by atoms with E-state index in [-0.39, 0.29) is 0 Å². The molecular weight excluding hydrogens is 228 g/mol. The molecule has 0 aliphatic heterocycles. The van der Waals surface area contributed by atoms with Gasteiger partial charge in [0.1, 0.15) is 0 Å². The van der Waals surface area contributed by atoms with Crippen molar-refractivity contribution in [1.29, 1.82) is 0 Å². The van der Waals surface area contributed by atoms with Gasteiger partial charge in [0.2, 0.25) is 0 Å². The van der Waals surface area contributed by atoms with Gasteiger partial charge < -0.3 is 10.0 Å². The van der Waals surface area contributed by atoms with Crippen LogP contribution in [0.15, 0.2) is 48.8 Å². The molecule has 92 valence electrons. The fourth-order valence-electron chi connectivity index (χ4n) is 1.72. The highest BCUT2D eigenvalue weighted by atomic mass is 16.4. The molecule has 0 unspecified atom stereocenters. The van der Waals surface area contributed by atoms with Crippen molar-refractivity contribution >= 4 is 11.7 Å². The highest BCUT2D eigenvalue weighted by Gasteiger charge is 2.04. The minimum Gasteiger partial charge on any atom is -0.478 e. The Balaban J connectivity index is 2.08. The van der Waals surface area contributed by atoms with E-state index in [9.17, 15) is 4.79 Å². The second-order valence-corrected chi connectivity index (χ2v) is 4.06. The van der Waals surface area contributed by atoms with Gasteiger partial charge in [-0.15, -0.1) is 0 Å². The molecule has 2 rings (SSSR count). The van der Waals surface area contributed by atoms with E-state index in [0.29, 0.717) is 5.56 Å². The number of carboxylic acids is 1. The van der Waals surface area contributed by atoms with Crippen molar-refractivity contribution in [3.63, 3.8) is 0 Å². The lowest BCUT2D eigenvalue weighted by Crippen LogP contribution is -2.16. The van der Waals surface area contributed by atoms with E-state index in [1.165, 1.54) is 0 Å². The van der Waals surface area contributed by atoms with Gasteiger partial charge in [0.25, 0.3) is 0 Å². The third-order valence-corrected chi connectivity index (χ3v) is 2.72. The van der Waals surface area contributed by atoms with Crippen molar-refractivity contribution in [3.8, 4) is 0 Å². The molecule has 0 aliphatic rings. The summed E-state index contributed by atoms with van der Waals surface area (Å²) in [7, 11) is 1.99. The van der Waals surface area contributed by atoms with Crippen molar-refractivity contribution in [2.24, 2.45) is 0 Å². The molecule has 0 saturated heterocycles. The van der Waals surface area contributed by atoms with E-state index in [1.54, 1.807) is 24.5 Å². The van der Waals surface area contributed by atoms with Crippen LogP contribution in [0.2, 0.25) is 0 Å². The molecule has 0 spiro atoms. The maximum Gasteiger partial charge on any atom is 0.335 e. The molecule has 0 amide bonds. The summed E-state index contributed by atoms with van der Waals surface area (Å²) in [5.74, 6) is -0.899. The summed E-state index contributed by atoms with van der Waals surface area (Å²) >= 11 is 0. The van der Waals surface area contributed by atoms with Gasteiger partial charge in [-0.25, -0.2) is 4.79 Å². The predicted octanol–water partition coefficient (Wildman–Crippen LogP) is 2.42. The summed E-state index contributed by atoms with van der Waals surface area (Å²) in [4.78, 5) is 16.8. The zero-order valence-electron chi connectivity index (χ0n) is 10.1. The third kappa shape index (κ3) is 2.85. The van der Waals surface area contributed by atoms with Gasteiger partial charge in [-0.2, -0.15) is 0 Å². The normalized spacial score (nSPS) is 10.1. The Morgan fingerprint density at radius 2 is 1.78 bits per heavy atom. The monoisotopic (exact) mass is 242 g/mol. The fourth-order valence-corrected chi connectivity index (χ4v) is 1.72. The van der Waals surface area contributed by atoms with Crippen LogP contribution in [0, 0.1) is 0 Å². The van der Waals surface area contributed by atoms with Crippen molar-refractivity contribution in [3.05, 3.63) is 59.9 Å². The Bertz CT molecular complexity index is 523. The van der Waals surface area contributed by atoms with Crippen molar-refractivity contribution < 1.29 is 9.90 Å². The molecule has 18 heavy (non-hydrogen) atoms. The number of benzene rings is 1. The first-order chi connectivity index (χ1) is 8.66. The summed E-state index contributed by atoms with van der Waals surface area (Å²) in [5, 5.41) is 8.82. The minimum atomic E-state index is -0.899. The first-order valence-electron chi connectivity index (χ1n) is 5.60. The van der Waals surface area contributed by atoms with Crippen molar-refractivity contribution in [1.82, 2.24) is 4.98 Å². The Morgan fingerprint density at radius 1 is 1.17 bits per heavy atom. The van der Waals surface area contributed by atoms with Crippen LogP contribution in [0.4, 0.5) is 5.69 Å². The van der Waals surface area contributed by atoms with Gasteiger partial charge in [0.05, 0.1) is 5.56 Å². The number of hydrogen-bond donors (Lipinski definition) is 1. The third-order valence-electron chi connectivity index (χ3n) is 2.72. The maximum atomic E-state index is 10.7. The zero-order valence-corrected chi connectivity index (χ0v) is 10.1. The molecule has 0 saturated carbocycles. The molecular formula is C14H14N2O2. The van der Waals surface area contributed by atoms with Gasteiger partial charge in [-0.1, -0.05) is 12.1 Å². The number of aromatic carboxylic acids is 1. The van der Waals surface area contributed by atoms with Crippen LogP contribution in [0.3, 0.4) is 0 Å². The molecule has 1 aromatic heterocycles. The van der Waals surface area contributed by atoms with Gasteiger partial charge in [0.15, 0.2) is 0 Å². The lowest BCUT2D eigenvalue weighted by atomic mass is 10.1. The van der Waals surface area contributed by atoms with Crippen LogP contribution in [-0.2, 0) is 6.54 Å². The minimum absolute atomic E-state index is 0.310. The molecule has 4 nitrogen and oxygen atoms in total. The van der Waals surface area contributed by atoms with Crippen molar-refractivity contribution in [2.45, 2.75) is 6.54 Å². The van der Waals surface area contributed by atoms with Crippen LogP contribution in [0.1, 0.15) is 15.9 Å². The predicted molar refractivity (Wildman–Crippen MR) is 69.7 cm³/mol. The molecule has 1 N–H and O–H groups in total. The summed E-state index contributed by atoms with van der Waals surface area (Å²) in [6.45, 7) is 0.726. The van der Waals surface area contributed by atoms with Crippen LogP contribution in [0.25, 0.3) is 0 Å². The molecule has 4 heteroatoms. The number of hydrogen-bond acceptors (Lipinski definition) is 3. The highest BCUT2D eigenvalue weighted by molar-refractivity contribution is 5.87. The number of carboxylic acid groups (broad SMARTS) is 1. The van der Waals surface area contributed by atoms with Gasteiger partial charge >= 0.3 is 5.97 Å². The van der Waals surface area contributed by atoms with E-state index in [4.69, 9.17) is 5.11 Å². The first-order valence-corrected chi connectivity index (χ1v) is 5.60. The second kappa shape index (κ2) is 5.31. The number of rotatable bonds is 4. The first kappa shape index (κ1) is 12.1. The molecule has 0 bridgehead atoms. The Morgan fingerprint density at radius 3 is 2.33 bits per heavy atom. The molecule has 1 heterocycles. The summed E-state index contributed by atoms with van der Waals surface area (Å²) in [6, 6.07) is 10.8. The molecule has 2 aromatic rings. The van der Waals surface area contributed by atoms with E-state index in [2.05, 4.69) is 9.88 Å². The Kier molecular flexibility index (Phi) is 3.57. The van der Waals surface area contributed by atoms with Crippen LogP contribution in [-0.4, -0.2) is 23.1 Å². The maximum absolute atomic E-state index is 10.7. The number of nitrogens with zero attached hydrogens (tertiary/aromatic N) is 2. The van der Waals surface area contributed by atoms with E-state index in [1.807, 2.05) is 31.3 Å². The average molecular weight is 242 g/mol. The van der Waals surface area contributed by atoms with Crippen LogP contribution >= 0.6 is 0 Å². The smallest absolute Gasteiger partial charge is 0.335 e. The average Bonchev–Trinajstić information content (AvgIpc) is 2.40. The molecule has 0 fully saturated rings. The van der Waals surface area contributed by atoms with Gasteiger partial charge in [-0.05, 0) is 29.8 Å². The molecule has 1 aromatic carbocycles. The molecule has 0 radical (unpaired) electrons. The zero-order chi connectivity index (χ0) is 13.0. The van der Waals surface area contributed by atoms with Crippen LogP contribution < -0.4 is 4.90 Å². The summed E-state index contributed by atoms with van der Waals surface area (Å²) in [5.41, 5.74) is 2.46. The number of aromatic nitrogens is 1. The largest absolute Gasteiger partial charge is 0.478 e. The van der Waals surface area contributed by atoms with E-state index in [0.717, 1.165) is 17.8 Å². The lowest BCUT2D eigenvalue weighted by Gasteiger charge is -2.19. The van der Waals surface area contributed by atoms with Crippen molar-refractivity contribution in [2.75, 3.05) is 11.9 Å². The SMILES string of the molecule is CN(Cc1ccc(C(=O)O)cc1)c1ccncc1. The number of carbonyl (C=O) groups is 1. The number of anilines is 1. The Hall–Kier alpha value is -2.36. The standard InChI is InChI=1S/C14H14N2O2/c1-16(13-6-8-15-9-7-13)10-11-2-4-12(5-3-11)14(17)18/h2-9H,10H2,1H3,(H,17,18). The second-order valence-electron chi connectivity index (χ2n) is 4.06. The number of pyridine rings is 1. The summed E-state index contributed by atoms with van der Waals surface area (Å²) in [6.07, 6.45) is 3.50. The van der Waals surface area contributed by atoms with E-state index >= 15 is 0 Å². The summed E-state index contributed by atoms with van der Waals surface area (Å²) < 4.78 is 0. The highest BCUT2D eigenvalue weighted by Crippen LogP contribution is 2.14. The molecule has 0 atom stereocenters.